The summed E-state index contributed by atoms with van der Waals surface area (Å²) < 4.78 is 5.74. The second kappa shape index (κ2) is 7.16. The third-order valence-electron chi connectivity index (χ3n) is 2.56. The van der Waals surface area contributed by atoms with E-state index >= 15 is 0 Å². The summed E-state index contributed by atoms with van der Waals surface area (Å²) in [6, 6.07) is 8.15. The summed E-state index contributed by atoms with van der Waals surface area (Å²) in [6.07, 6.45) is 1.50. The molecule has 18 heavy (non-hydrogen) atoms. The molecule has 3 nitrogen and oxygen atoms in total. The van der Waals surface area contributed by atoms with E-state index in [0.29, 0.717) is 6.42 Å². The molecule has 0 fully saturated rings. The van der Waals surface area contributed by atoms with E-state index in [1.165, 1.54) is 12.0 Å². The molecule has 5 heteroatoms. The molecule has 1 rings (SSSR count). The zero-order valence-corrected chi connectivity index (χ0v) is 13.0. The summed E-state index contributed by atoms with van der Waals surface area (Å²) in [5.74, 6) is 0.579. The van der Waals surface area contributed by atoms with Crippen molar-refractivity contribution in [2.24, 2.45) is 5.73 Å². The molecule has 0 aliphatic carbocycles. The molecule has 0 amide bonds. The molecule has 0 bridgehead atoms. The third-order valence-corrected chi connectivity index (χ3v) is 4.13. The first-order chi connectivity index (χ1) is 8.45. The maximum atomic E-state index is 11.4. The Kier molecular flexibility index (Phi) is 6.18. The van der Waals surface area contributed by atoms with Crippen LogP contribution in [-0.4, -0.2) is 24.4 Å². The van der Waals surface area contributed by atoms with Gasteiger partial charge in [-0.15, -0.1) is 11.8 Å². The zero-order chi connectivity index (χ0) is 13.6. The second-order valence-electron chi connectivity index (χ2n) is 4.32. The summed E-state index contributed by atoms with van der Waals surface area (Å²) in [5.41, 5.74) is 5.00. The van der Waals surface area contributed by atoms with E-state index in [0.717, 1.165) is 16.6 Å². The van der Waals surface area contributed by atoms with Crippen molar-refractivity contribution in [2.75, 3.05) is 12.9 Å². The first-order valence-corrected chi connectivity index (χ1v) is 7.49. The summed E-state index contributed by atoms with van der Waals surface area (Å²) in [6.45, 7) is 1.71. The maximum absolute atomic E-state index is 11.4. The van der Waals surface area contributed by atoms with Crippen LogP contribution in [0, 0.1) is 0 Å². The summed E-state index contributed by atoms with van der Waals surface area (Å²) in [5, 5.41) is 0. The Labute approximate surface area is 121 Å². The number of ether oxygens (including phenoxy) is 1. The second-order valence-corrected chi connectivity index (χ2v) is 6.40. The molecule has 1 aromatic carbocycles. The van der Waals surface area contributed by atoms with Crippen LogP contribution in [0.5, 0.6) is 0 Å². The van der Waals surface area contributed by atoms with Gasteiger partial charge in [0.05, 0.1) is 7.11 Å². The fourth-order valence-corrected chi connectivity index (χ4v) is 2.98. The number of halogens is 1. The lowest BCUT2D eigenvalue weighted by Gasteiger charge is -2.20. The topological polar surface area (TPSA) is 52.3 Å². The first-order valence-electron chi connectivity index (χ1n) is 5.71. The SMILES string of the molecule is COC(=O)C(C)(N)CCCSc1cccc(Br)c1. The molecular weight excluding hydrogens is 314 g/mol. The van der Waals surface area contributed by atoms with Gasteiger partial charge in [-0.25, -0.2) is 0 Å². The van der Waals surface area contributed by atoms with Crippen molar-refractivity contribution in [1.82, 2.24) is 0 Å². The van der Waals surface area contributed by atoms with Crippen LogP contribution in [0.2, 0.25) is 0 Å². The highest BCUT2D eigenvalue weighted by Gasteiger charge is 2.28. The van der Waals surface area contributed by atoms with Crippen molar-refractivity contribution in [3.05, 3.63) is 28.7 Å². The van der Waals surface area contributed by atoms with Crippen LogP contribution in [-0.2, 0) is 9.53 Å². The molecule has 0 saturated heterocycles. The number of methoxy groups -OCH3 is 1. The highest BCUT2D eigenvalue weighted by Crippen LogP contribution is 2.24. The highest BCUT2D eigenvalue weighted by atomic mass is 79.9. The average molecular weight is 332 g/mol. The van der Waals surface area contributed by atoms with Gasteiger partial charge in [-0.05, 0) is 43.7 Å². The minimum Gasteiger partial charge on any atom is -0.468 e. The van der Waals surface area contributed by atoms with E-state index in [2.05, 4.69) is 32.8 Å². The summed E-state index contributed by atoms with van der Waals surface area (Å²) in [4.78, 5) is 12.6. The van der Waals surface area contributed by atoms with Crippen LogP contribution >= 0.6 is 27.7 Å². The predicted octanol–water partition coefficient (Wildman–Crippen LogP) is 3.21. The van der Waals surface area contributed by atoms with E-state index in [4.69, 9.17) is 5.73 Å². The minimum absolute atomic E-state index is 0.352. The van der Waals surface area contributed by atoms with E-state index in [1.54, 1.807) is 18.7 Å². The van der Waals surface area contributed by atoms with Gasteiger partial charge in [0.25, 0.3) is 0 Å². The lowest BCUT2D eigenvalue weighted by molar-refractivity contribution is -0.146. The molecule has 1 atom stereocenters. The van der Waals surface area contributed by atoms with Crippen LogP contribution in [0.1, 0.15) is 19.8 Å². The highest BCUT2D eigenvalue weighted by molar-refractivity contribution is 9.10. The molecule has 1 aromatic rings. The van der Waals surface area contributed by atoms with Crippen LogP contribution in [0.3, 0.4) is 0 Å². The Bertz CT molecular complexity index is 410. The van der Waals surface area contributed by atoms with Crippen LogP contribution < -0.4 is 5.73 Å². The summed E-state index contributed by atoms with van der Waals surface area (Å²) in [7, 11) is 1.36. The number of hydrogen-bond acceptors (Lipinski definition) is 4. The van der Waals surface area contributed by atoms with E-state index < -0.39 is 5.54 Å². The molecule has 0 heterocycles. The zero-order valence-electron chi connectivity index (χ0n) is 10.6. The van der Waals surface area contributed by atoms with Crippen LogP contribution in [0.25, 0.3) is 0 Å². The van der Waals surface area contributed by atoms with Gasteiger partial charge in [0.2, 0.25) is 0 Å². The third kappa shape index (κ3) is 5.00. The van der Waals surface area contributed by atoms with E-state index in [-0.39, 0.29) is 5.97 Å². The van der Waals surface area contributed by atoms with Gasteiger partial charge >= 0.3 is 5.97 Å². The average Bonchev–Trinajstić information content (AvgIpc) is 2.33. The quantitative estimate of drug-likeness (QED) is 0.494. The fourth-order valence-electron chi connectivity index (χ4n) is 1.52. The number of thioether (sulfide) groups is 1. The Hall–Kier alpha value is -0.520. The van der Waals surface area contributed by atoms with Crippen molar-refractivity contribution in [2.45, 2.75) is 30.2 Å². The number of carbonyl (C=O) groups excluding carboxylic acids is 1. The molecule has 0 aliphatic heterocycles. The van der Waals surface area contributed by atoms with E-state index in [1.807, 2.05) is 12.1 Å². The normalized spacial score (nSPS) is 14.0. The van der Waals surface area contributed by atoms with E-state index in [9.17, 15) is 4.79 Å². The van der Waals surface area contributed by atoms with Crippen molar-refractivity contribution in [3.8, 4) is 0 Å². The molecule has 2 N–H and O–H groups in total. The Balaban J connectivity index is 2.33. The minimum atomic E-state index is -0.882. The number of hydrogen-bond donors (Lipinski definition) is 1. The first kappa shape index (κ1) is 15.5. The van der Waals surface area contributed by atoms with Gasteiger partial charge in [-0.3, -0.25) is 4.79 Å². The number of nitrogens with two attached hydrogens (primary N) is 1. The lowest BCUT2D eigenvalue weighted by Crippen LogP contribution is -2.45. The van der Waals surface area contributed by atoms with Gasteiger partial charge in [0.15, 0.2) is 0 Å². The number of rotatable bonds is 6. The van der Waals surface area contributed by atoms with Gasteiger partial charge in [0, 0.05) is 9.37 Å². The molecule has 0 aliphatic rings. The molecule has 100 valence electrons. The van der Waals surface area contributed by atoms with Crippen molar-refractivity contribution in [1.29, 1.82) is 0 Å². The maximum Gasteiger partial charge on any atom is 0.325 e. The number of carbonyl (C=O) groups is 1. The smallest absolute Gasteiger partial charge is 0.325 e. The monoisotopic (exact) mass is 331 g/mol. The molecular formula is C13H18BrNO2S. The van der Waals surface area contributed by atoms with Crippen molar-refractivity contribution < 1.29 is 9.53 Å². The van der Waals surface area contributed by atoms with Gasteiger partial charge in [0.1, 0.15) is 5.54 Å². The largest absolute Gasteiger partial charge is 0.468 e. The van der Waals surface area contributed by atoms with Gasteiger partial charge < -0.3 is 10.5 Å². The Morgan fingerprint density at radius 2 is 2.28 bits per heavy atom. The molecule has 1 unspecified atom stereocenters. The van der Waals surface area contributed by atoms with Crippen molar-refractivity contribution >= 4 is 33.7 Å². The van der Waals surface area contributed by atoms with Gasteiger partial charge in [-0.1, -0.05) is 22.0 Å². The fraction of sp³-hybridized carbons (Fsp3) is 0.462. The summed E-state index contributed by atoms with van der Waals surface area (Å²) >= 11 is 5.19. The number of esters is 1. The standard InChI is InChI=1S/C13H18BrNO2S/c1-13(15,12(16)17-2)7-4-8-18-11-6-3-5-10(14)9-11/h3,5-6,9H,4,7-8,15H2,1-2H3. The number of benzene rings is 1. The lowest BCUT2D eigenvalue weighted by atomic mass is 9.98. The molecule has 0 saturated carbocycles. The molecule has 0 spiro atoms. The van der Waals surface area contributed by atoms with Gasteiger partial charge in [-0.2, -0.15) is 0 Å². The molecule has 0 radical (unpaired) electrons. The Morgan fingerprint density at radius 1 is 1.56 bits per heavy atom. The van der Waals surface area contributed by atoms with Crippen molar-refractivity contribution in [3.63, 3.8) is 0 Å². The Morgan fingerprint density at radius 3 is 2.89 bits per heavy atom. The molecule has 0 aromatic heterocycles. The predicted molar refractivity (Wildman–Crippen MR) is 78.7 cm³/mol. The van der Waals surface area contributed by atoms with Crippen LogP contribution in [0.15, 0.2) is 33.6 Å². The van der Waals surface area contributed by atoms with Crippen LogP contribution in [0.4, 0.5) is 0 Å².